The summed E-state index contributed by atoms with van der Waals surface area (Å²) in [4.78, 5) is 15.3. The number of anilines is 1. The number of carbonyl (C=O) groups is 1. The van der Waals surface area contributed by atoms with Crippen LogP contribution in [0.15, 0.2) is 59.5 Å². The minimum Gasteiger partial charge on any atom is -0.493 e. The maximum Gasteiger partial charge on any atom is 0.270 e. The molecular weight excluding hydrogens is 418 g/mol. The van der Waals surface area contributed by atoms with Crippen LogP contribution in [-0.2, 0) is 4.79 Å². The summed E-state index contributed by atoms with van der Waals surface area (Å²) < 4.78 is 17.1. The van der Waals surface area contributed by atoms with E-state index in [0.29, 0.717) is 33.0 Å². The molecule has 1 amide bonds. The number of hydrogen-bond donors (Lipinski definition) is 0. The zero-order valence-corrected chi connectivity index (χ0v) is 17.7. The SMILES string of the molecule is CCOc1ccc2ccccc2c1/C=C1/SC(=S)N(c2ccc3c(c2)OCO3)C1=O. The molecule has 0 unspecified atom stereocenters. The zero-order chi connectivity index (χ0) is 20.7. The lowest BCUT2D eigenvalue weighted by molar-refractivity contribution is -0.113. The molecule has 1 saturated heterocycles. The molecule has 5 nitrogen and oxygen atoms in total. The van der Waals surface area contributed by atoms with E-state index in [1.54, 1.807) is 12.1 Å². The Morgan fingerprint density at radius 3 is 2.83 bits per heavy atom. The van der Waals surface area contributed by atoms with Crippen molar-refractivity contribution in [1.29, 1.82) is 0 Å². The van der Waals surface area contributed by atoms with Crippen LogP contribution in [0.4, 0.5) is 5.69 Å². The number of benzene rings is 3. The molecule has 0 aromatic heterocycles. The largest absolute Gasteiger partial charge is 0.493 e. The van der Waals surface area contributed by atoms with Crippen LogP contribution in [0.25, 0.3) is 16.8 Å². The normalized spacial score (nSPS) is 16.7. The van der Waals surface area contributed by atoms with Crippen molar-refractivity contribution in [2.75, 3.05) is 18.3 Å². The smallest absolute Gasteiger partial charge is 0.270 e. The van der Waals surface area contributed by atoms with Gasteiger partial charge in [0.25, 0.3) is 5.91 Å². The van der Waals surface area contributed by atoms with Crippen LogP contribution < -0.4 is 19.1 Å². The molecule has 5 rings (SSSR count). The Balaban J connectivity index is 1.56. The molecule has 150 valence electrons. The second-order valence-corrected chi connectivity index (χ2v) is 8.36. The van der Waals surface area contributed by atoms with Crippen LogP contribution in [-0.4, -0.2) is 23.6 Å². The molecule has 7 heteroatoms. The fraction of sp³-hybridized carbons (Fsp3) is 0.130. The minimum absolute atomic E-state index is 0.167. The zero-order valence-electron chi connectivity index (χ0n) is 16.1. The van der Waals surface area contributed by atoms with E-state index in [4.69, 9.17) is 26.4 Å². The van der Waals surface area contributed by atoms with Crippen molar-refractivity contribution in [2.24, 2.45) is 0 Å². The van der Waals surface area contributed by atoms with Crippen LogP contribution in [0.2, 0.25) is 0 Å². The fourth-order valence-corrected chi connectivity index (χ4v) is 4.83. The Hall–Kier alpha value is -3.03. The number of carbonyl (C=O) groups excluding carboxylic acids is 1. The van der Waals surface area contributed by atoms with E-state index in [0.717, 1.165) is 22.1 Å². The first kappa shape index (κ1) is 19.0. The van der Waals surface area contributed by atoms with Crippen LogP contribution in [0.5, 0.6) is 17.2 Å². The molecule has 0 spiro atoms. The molecule has 3 aromatic rings. The third kappa shape index (κ3) is 3.20. The maximum atomic E-state index is 13.3. The van der Waals surface area contributed by atoms with Crippen LogP contribution in [0.3, 0.4) is 0 Å². The van der Waals surface area contributed by atoms with Crippen molar-refractivity contribution in [3.05, 3.63) is 65.1 Å². The van der Waals surface area contributed by atoms with Gasteiger partial charge in [-0.15, -0.1) is 0 Å². The molecule has 2 heterocycles. The van der Waals surface area contributed by atoms with Gasteiger partial charge in [-0.3, -0.25) is 9.69 Å². The molecule has 1 fully saturated rings. The van der Waals surface area contributed by atoms with Crippen molar-refractivity contribution in [1.82, 2.24) is 0 Å². The monoisotopic (exact) mass is 435 g/mol. The first-order valence-corrected chi connectivity index (χ1v) is 10.7. The Bertz CT molecular complexity index is 1220. The molecule has 0 aliphatic carbocycles. The Morgan fingerprint density at radius 1 is 1.13 bits per heavy atom. The predicted molar refractivity (Wildman–Crippen MR) is 123 cm³/mol. The number of thioether (sulfide) groups is 1. The summed E-state index contributed by atoms with van der Waals surface area (Å²) in [7, 11) is 0. The number of hydrogen-bond acceptors (Lipinski definition) is 6. The van der Waals surface area contributed by atoms with Crippen molar-refractivity contribution in [3.8, 4) is 17.2 Å². The van der Waals surface area contributed by atoms with Gasteiger partial charge >= 0.3 is 0 Å². The maximum absolute atomic E-state index is 13.3. The molecule has 30 heavy (non-hydrogen) atoms. The number of fused-ring (bicyclic) bond motifs is 2. The lowest BCUT2D eigenvalue weighted by atomic mass is 10.0. The van der Waals surface area contributed by atoms with E-state index in [2.05, 4.69) is 0 Å². The van der Waals surface area contributed by atoms with Crippen molar-refractivity contribution in [3.63, 3.8) is 0 Å². The van der Waals surface area contributed by atoms with Crippen molar-refractivity contribution >= 4 is 56.7 Å². The first-order valence-electron chi connectivity index (χ1n) is 9.48. The number of ether oxygens (including phenoxy) is 3. The van der Waals surface area contributed by atoms with Crippen LogP contribution in [0, 0.1) is 0 Å². The lowest BCUT2D eigenvalue weighted by Gasteiger charge is -2.15. The van der Waals surface area contributed by atoms with Gasteiger partial charge < -0.3 is 14.2 Å². The second kappa shape index (κ2) is 7.66. The molecule has 0 bridgehead atoms. The predicted octanol–water partition coefficient (Wildman–Crippen LogP) is 5.37. The summed E-state index contributed by atoms with van der Waals surface area (Å²) in [6.07, 6.45) is 1.87. The van der Waals surface area contributed by atoms with Crippen LogP contribution in [0.1, 0.15) is 12.5 Å². The van der Waals surface area contributed by atoms with E-state index in [1.807, 2.05) is 55.5 Å². The van der Waals surface area contributed by atoms with Gasteiger partial charge in [-0.05, 0) is 42.0 Å². The van der Waals surface area contributed by atoms with Gasteiger partial charge in [0.1, 0.15) is 5.75 Å². The fourth-order valence-electron chi connectivity index (χ4n) is 3.55. The molecular formula is C23H17NO4S2. The molecule has 3 aromatic carbocycles. The highest BCUT2D eigenvalue weighted by atomic mass is 32.2. The van der Waals surface area contributed by atoms with E-state index >= 15 is 0 Å². The summed E-state index contributed by atoms with van der Waals surface area (Å²) in [6.45, 7) is 2.66. The number of thiocarbonyl (C=S) groups is 1. The quantitative estimate of drug-likeness (QED) is 0.405. The van der Waals surface area contributed by atoms with Gasteiger partial charge in [-0.25, -0.2) is 0 Å². The van der Waals surface area contributed by atoms with Crippen molar-refractivity contribution < 1.29 is 19.0 Å². The summed E-state index contributed by atoms with van der Waals surface area (Å²) in [5.74, 6) is 1.85. The summed E-state index contributed by atoms with van der Waals surface area (Å²) >= 11 is 6.81. The molecule has 0 atom stereocenters. The van der Waals surface area contributed by atoms with Gasteiger partial charge in [0.15, 0.2) is 15.8 Å². The van der Waals surface area contributed by atoms with Gasteiger partial charge in [-0.2, -0.15) is 0 Å². The van der Waals surface area contributed by atoms with E-state index in [1.165, 1.54) is 16.7 Å². The third-order valence-corrected chi connectivity index (χ3v) is 6.22. The van der Waals surface area contributed by atoms with Gasteiger partial charge in [0.05, 0.1) is 17.2 Å². The Kier molecular flexibility index (Phi) is 4.84. The molecule has 2 aliphatic rings. The Labute approximate surface area is 183 Å². The van der Waals surface area contributed by atoms with E-state index < -0.39 is 0 Å². The van der Waals surface area contributed by atoms with Gasteiger partial charge in [-0.1, -0.05) is 54.3 Å². The molecule has 0 saturated carbocycles. The highest BCUT2D eigenvalue weighted by Crippen LogP contribution is 2.42. The number of rotatable bonds is 4. The average molecular weight is 436 g/mol. The average Bonchev–Trinajstić information content (AvgIpc) is 3.33. The summed E-state index contributed by atoms with van der Waals surface area (Å²) in [5.41, 5.74) is 1.54. The minimum atomic E-state index is -0.167. The standard InChI is InChI=1S/C23H17NO4S2/c1-2-26-18-9-7-14-5-3-4-6-16(14)17(18)12-21-22(25)24(23(29)30-21)15-8-10-19-20(11-15)28-13-27-19/h3-12H,2,13H2,1H3/b21-12+. The number of nitrogens with zero attached hydrogens (tertiary/aromatic N) is 1. The number of amides is 1. The van der Waals surface area contributed by atoms with Gasteiger partial charge in [0, 0.05) is 11.6 Å². The summed E-state index contributed by atoms with van der Waals surface area (Å²) in [5, 5.41) is 2.11. The summed E-state index contributed by atoms with van der Waals surface area (Å²) in [6, 6.07) is 17.4. The molecule has 2 aliphatic heterocycles. The molecule has 0 N–H and O–H groups in total. The molecule has 0 radical (unpaired) electrons. The highest BCUT2D eigenvalue weighted by Gasteiger charge is 2.34. The van der Waals surface area contributed by atoms with Crippen LogP contribution >= 0.6 is 24.0 Å². The topological polar surface area (TPSA) is 48.0 Å². The second-order valence-electron chi connectivity index (χ2n) is 6.69. The van der Waals surface area contributed by atoms with Crippen molar-refractivity contribution in [2.45, 2.75) is 6.92 Å². The van der Waals surface area contributed by atoms with E-state index in [9.17, 15) is 4.79 Å². The van der Waals surface area contributed by atoms with E-state index in [-0.39, 0.29) is 12.7 Å². The lowest BCUT2D eigenvalue weighted by Crippen LogP contribution is -2.27. The third-order valence-electron chi connectivity index (χ3n) is 4.91. The van der Waals surface area contributed by atoms with Gasteiger partial charge in [0.2, 0.25) is 6.79 Å². The highest BCUT2D eigenvalue weighted by molar-refractivity contribution is 8.27. The first-order chi connectivity index (χ1) is 14.7. The Morgan fingerprint density at radius 2 is 1.97 bits per heavy atom.